The van der Waals surface area contributed by atoms with Gasteiger partial charge in [0.1, 0.15) is 5.75 Å². The molecule has 7 nitrogen and oxygen atoms in total. The number of aromatic nitrogens is 2. The molecule has 1 N–H and O–H groups in total. The summed E-state index contributed by atoms with van der Waals surface area (Å²) in [6.45, 7) is 1.88. The van der Waals surface area contributed by atoms with E-state index in [0.29, 0.717) is 5.69 Å². The molecule has 0 atom stereocenters. The van der Waals surface area contributed by atoms with Crippen LogP contribution < -0.4 is 5.32 Å². The number of amides is 1. The SMILES string of the molecule is Cc1ccc(S(=O)(=O)Cc2noc(CCC(=O)Nc3ccccc3Br)n2)cc1. The van der Waals surface area contributed by atoms with Crippen LogP contribution >= 0.6 is 15.9 Å². The third-order valence-electron chi connectivity index (χ3n) is 3.92. The lowest BCUT2D eigenvalue weighted by molar-refractivity contribution is -0.116. The molecule has 2 aromatic carbocycles. The lowest BCUT2D eigenvalue weighted by Crippen LogP contribution is -2.12. The van der Waals surface area contributed by atoms with E-state index >= 15 is 0 Å². The topological polar surface area (TPSA) is 102 Å². The van der Waals surface area contributed by atoms with Gasteiger partial charge in [0.25, 0.3) is 0 Å². The molecule has 0 radical (unpaired) electrons. The van der Waals surface area contributed by atoms with E-state index in [0.717, 1.165) is 10.0 Å². The fraction of sp³-hybridized carbons (Fsp3) is 0.211. The zero-order valence-corrected chi connectivity index (χ0v) is 17.5. The summed E-state index contributed by atoms with van der Waals surface area (Å²) < 4.78 is 30.7. The Balaban J connectivity index is 1.57. The van der Waals surface area contributed by atoms with E-state index in [1.165, 1.54) is 0 Å². The van der Waals surface area contributed by atoms with Crippen LogP contribution in [0.15, 0.2) is 62.4 Å². The fourth-order valence-electron chi connectivity index (χ4n) is 2.44. The first-order valence-corrected chi connectivity index (χ1v) is 10.9. The monoisotopic (exact) mass is 463 g/mol. The maximum Gasteiger partial charge on any atom is 0.227 e. The molecule has 1 amide bonds. The second-order valence-electron chi connectivity index (χ2n) is 6.20. The fourth-order valence-corrected chi connectivity index (χ4v) is 4.00. The Morgan fingerprint density at radius 3 is 2.57 bits per heavy atom. The quantitative estimate of drug-likeness (QED) is 0.572. The smallest absolute Gasteiger partial charge is 0.227 e. The number of sulfone groups is 1. The van der Waals surface area contributed by atoms with E-state index < -0.39 is 9.84 Å². The van der Waals surface area contributed by atoms with Crippen LogP contribution in [0.5, 0.6) is 0 Å². The van der Waals surface area contributed by atoms with Crippen LogP contribution in [-0.4, -0.2) is 24.5 Å². The minimum atomic E-state index is -3.56. The zero-order valence-electron chi connectivity index (χ0n) is 15.1. The third-order valence-corrected chi connectivity index (χ3v) is 6.24. The van der Waals surface area contributed by atoms with Gasteiger partial charge in [-0.1, -0.05) is 35.0 Å². The summed E-state index contributed by atoms with van der Waals surface area (Å²) in [5.74, 6) is -0.278. The Bertz CT molecular complexity index is 1080. The molecule has 9 heteroatoms. The molecule has 0 spiro atoms. The zero-order chi connectivity index (χ0) is 20.1. The van der Waals surface area contributed by atoms with Crippen LogP contribution in [-0.2, 0) is 26.8 Å². The van der Waals surface area contributed by atoms with Crippen LogP contribution in [0.3, 0.4) is 0 Å². The van der Waals surface area contributed by atoms with Crippen LogP contribution in [0.1, 0.15) is 23.7 Å². The van der Waals surface area contributed by atoms with Crippen molar-refractivity contribution in [1.82, 2.24) is 10.1 Å². The van der Waals surface area contributed by atoms with E-state index in [1.54, 1.807) is 30.3 Å². The first kappa shape index (κ1) is 20.2. The molecule has 1 aromatic heterocycles. The van der Waals surface area contributed by atoms with Gasteiger partial charge < -0.3 is 9.84 Å². The Labute approximate surface area is 171 Å². The molecule has 3 rings (SSSR count). The van der Waals surface area contributed by atoms with Crippen molar-refractivity contribution in [1.29, 1.82) is 0 Å². The lowest BCUT2D eigenvalue weighted by atomic mass is 10.2. The summed E-state index contributed by atoms with van der Waals surface area (Å²) in [7, 11) is -3.56. The average Bonchev–Trinajstić information content (AvgIpc) is 3.09. The predicted octanol–water partition coefficient (Wildman–Crippen LogP) is 3.69. The highest BCUT2D eigenvalue weighted by atomic mass is 79.9. The van der Waals surface area contributed by atoms with E-state index in [9.17, 15) is 13.2 Å². The van der Waals surface area contributed by atoms with Crippen molar-refractivity contribution < 1.29 is 17.7 Å². The van der Waals surface area contributed by atoms with Crippen molar-refractivity contribution in [2.24, 2.45) is 0 Å². The first-order valence-electron chi connectivity index (χ1n) is 8.49. The number of benzene rings is 2. The molecule has 0 aliphatic carbocycles. The van der Waals surface area contributed by atoms with Gasteiger partial charge in [0.05, 0.1) is 10.6 Å². The first-order chi connectivity index (χ1) is 13.3. The highest BCUT2D eigenvalue weighted by Crippen LogP contribution is 2.21. The van der Waals surface area contributed by atoms with Gasteiger partial charge in [-0.15, -0.1) is 0 Å². The molecule has 0 fully saturated rings. The lowest BCUT2D eigenvalue weighted by Gasteiger charge is -2.05. The molecule has 0 aliphatic rings. The highest BCUT2D eigenvalue weighted by Gasteiger charge is 2.19. The van der Waals surface area contributed by atoms with Crippen molar-refractivity contribution in [3.8, 4) is 0 Å². The summed E-state index contributed by atoms with van der Waals surface area (Å²) in [6, 6.07) is 13.9. The minimum Gasteiger partial charge on any atom is -0.339 e. The van der Waals surface area contributed by atoms with Crippen molar-refractivity contribution in [2.75, 3.05) is 5.32 Å². The molecular weight excluding hydrogens is 446 g/mol. The van der Waals surface area contributed by atoms with E-state index in [4.69, 9.17) is 4.52 Å². The van der Waals surface area contributed by atoms with Gasteiger partial charge in [0.2, 0.25) is 11.8 Å². The van der Waals surface area contributed by atoms with Gasteiger partial charge in [0.15, 0.2) is 15.7 Å². The van der Waals surface area contributed by atoms with Crippen LogP contribution in [0, 0.1) is 6.92 Å². The molecule has 0 saturated carbocycles. The molecule has 0 bridgehead atoms. The molecule has 28 heavy (non-hydrogen) atoms. The Hall–Kier alpha value is -2.52. The number of halogens is 1. The van der Waals surface area contributed by atoms with Gasteiger partial charge in [0, 0.05) is 17.3 Å². The molecular formula is C19H18BrN3O4S. The number of nitrogens with one attached hydrogen (secondary N) is 1. The Morgan fingerprint density at radius 2 is 1.86 bits per heavy atom. The second kappa shape index (κ2) is 8.66. The molecule has 1 heterocycles. The summed E-state index contributed by atoms with van der Waals surface area (Å²) in [4.78, 5) is 16.4. The van der Waals surface area contributed by atoms with E-state index in [-0.39, 0.29) is 41.1 Å². The van der Waals surface area contributed by atoms with Gasteiger partial charge in [-0.3, -0.25) is 4.79 Å². The summed E-state index contributed by atoms with van der Waals surface area (Å²) >= 11 is 3.36. The van der Waals surface area contributed by atoms with Crippen LogP contribution in [0.25, 0.3) is 0 Å². The summed E-state index contributed by atoms with van der Waals surface area (Å²) in [5.41, 5.74) is 1.64. The van der Waals surface area contributed by atoms with Gasteiger partial charge in [-0.25, -0.2) is 8.42 Å². The standard InChI is InChI=1S/C19H18BrN3O4S/c1-13-6-8-14(9-7-13)28(25,26)12-17-22-19(27-23-17)11-10-18(24)21-16-5-3-2-4-15(16)20/h2-9H,10-12H2,1H3,(H,21,24). The number of aryl methyl sites for hydroxylation is 2. The maximum absolute atomic E-state index is 12.4. The minimum absolute atomic E-state index is 0.0711. The number of para-hydroxylation sites is 1. The number of carbonyl (C=O) groups is 1. The maximum atomic E-state index is 12.4. The van der Waals surface area contributed by atoms with Crippen molar-refractivity contribution in [3.63, 3.8) is 0 Å². The van der Waals surface area contributed by atoms with Crippen molar-refractivity contribution in [2.45, 2.75) is 30.4 Å². The molecule has 0 saturated heterocycles. The number of rotatable bonds is 7. The number of carbonyl (C=O) groups excluding carboxylic acids is 1. The van der Waals surface area contributed by atoms with E-state index in [2.05, 4.69) is 31.4 Å². The summed E-state index contributed by atoms with van der Waals surface area (Å²) in [6.07, 6.45) is 0.349. The second-order valence-corrected chi connectivity index (χ2v) is 9.05. The predicted molar refractivity (Wildman–Crippen MR) is 107 cm³/mol. The number of hydrogen-bond donors (Lipinski definition) is 1. The van der Waals surface area contributed by atoms with Crippen molar-refractivity contribution >= 4 is 37.4 Å². The van der Waals surface area contributed by atoms with Gasteiger partial charge in [-0.2, -0.15) is 4.98 Å². The molecule has 0 unspecified atom stereocenters. The highest BCUT2D eigenvalue weighted by molar-refractivity contribution is 9.10. The molecule has 3 aromatic rings. The van der Waals surface area contributed by atoms with Crippen LogP contribution in [0.2, 0.25) is 0 Å². The van der Waals surface area contributed by atoms with Crippen LogP contribution in [0.4, 0.5) is 5.69 Å². The Morgan fingerprint density at radius 1 is 1.14 bits per heavy atom. The molecule has 146 valence electrons. The molecule has 0 aliphatic heterocycles. The normalized spacial score (nSPS) is 11.4. The number of nitrogens with zero attached hydrogens (tertiary/aromatic N) is 2. The summed E-state index contributed by atoms with van der Waals surface area (Å²) in [5, 5.41) is 6.50. The average molecular weight is 464 g/mol. The van der Waals surface area contributed by atoms with Gasteiger partial charge in [-0.05, 0) is 47.1 Å². The number of anilines is 1. The van der Waals surface area contributed by atoms with E-state index in [1.807, 2.05) is 25.1 Å². The van der Waals surface area contributed by atoms with Gasteiger partial charge >= 0.3 is 0 Å². The third kappa shape index (κ3) is 5.26. The largest absolute Gasteiger partial charge is 0.339 e. The number of hydrogen-bond acceptors (Lipinski definition) is 6. The Kier molecular flexibility index (Phi) is 6.25. The van der Waals surface area contributed by atoms with Crippen molar-refractivity contribution in [3.05, 3.63) is 70.3 Å².